The highest BCUT2D eigenvalue weighted by molar-refractivity contribution is 5.23. The van der Waals surface area contributed by atoms with Crippen molar-refractivity contribution in [1.29, 1.82) is 0 Å². The molecule has 0 amide bonds. The highest BCUT2D eigenvalue weighted by Crippen LogP contribution is 2.22. The third-order valence-electron chi connectivity index (χ3n) is 4.09. The lowest BCUT2D eigenvalue weighted by atomic mass is 10.1. The first kappa shape index (κ1) is 14.5. The first-order chi connectivity index (χ1) is 9.10. The average molecular weight is 261 g/mol. The van der Waals surface area contributed by atoms with E-state index in [4.69, 9.17) is 0 Å². The van der Waals surface area contributed by atoms with E-state index in [1.807, 2.05) is 7.05 Å². The van der Waals surface area contributed by atoms with Crippen LogP contribution in [-0.4, -0.2) is 50.1 Å². The minimum Gasteiger partial charge on any atom is -0.316 e. The minimum atomic E-state index is 0.695. The van der Waals surface area contributed by atoms with Gasteiger partial charge in [0.25, 0.3) is 0 Å². The summed E-state index contributed by atoms with van der Waals surface area (Å²) in [4.78, 5) is 4.94. The van der Waals surface area contributed by atoms with E-state index in [1.165, 1.54) is 24.2 Å². The second kappa shape index (κ2) is 6.51. The third kappa shape index (κ3) is 3.78. The van der Waals surface area contributed by atoms with Crippen molar-refractivity contribution >= 4 is 0 Å². The standard InChI is InChI=1S/C16H27N3/c1-13-10-19(12-16(13)18(3)4)11-15-7-5-6-14(8-15)9-17-2/h5-8,13,16-17H,9-12H2,1-4H3. The Bertz CT molecular complexity index is 403. The predicted octanol–water partition coefficient (Wildman–Crippen LogP) is 1.79. The summed E-state index contributed by atoms with van der Waals surface area (Å²) in [7, 11) is 6.38. The van der Waals surface area contributed by atoms with Gasteiger partial charge in [-0.3, -0.25) is 4.90 Å². The second-order valence-electron chi connectivity index (χ2n) is 6.05. The van der Waals surface area contributed by atoms with Crippen molar-refractivity contribution in [2.45, 2.75) is 26.1 Å². The Hall–Kier alpha value is -0.900. The Balaban J connectivity index is 1.96. The summed E-state index contributed by atoms with van der Waals surface area (Å²) in [6.45, 7) is 6.78. The molecule has 0 aliphatic carbocycles. The Morgan fingerprint density at radius 3 is 2.63 bits per heavy atom. The molecule has 2 rings (SSSR count). The van der Waals surface area contributed by atoms with Crippen molar-refractivity contribution in [2.75, 3.05) is 34.2 Å². The van der Waals surface area contributed by atoms with E-state index in [-0.39, 0.29) is 0 Å². The maximum absolute atomic E-state index is 3.21. The molecule has 19 heavy (non-hydrogen) atoms. The summed E-state index contributed by atoms with van der Waals surface area (Å²) in [5, 5.41) is 3.21. The van der Waals surface area contributed by atoms with E-state index in [0.717, 1.165) is 19.0 Å². The van der Waals surface area contributed by atoms with Gasteiger partial charge in [-0.25, -0.2) is 0 Å². The lowest BCUT2D eigenvalue weighted by Gasteiger charge is -2.22. The summed E-state index contributed by atoms with van der Waals surface area (Å²) < 4.78 is 0. The number of hydrogen-bond donors (Lipinski definition) is 1. The monoisotopic (exact) mass is 261 g/mol. The number of likely N-dealkylation sites (N-methyl/N-ethyl adjacent to an activating group) is 1. The van der Waals surface area contributed by atoms with Crippen molar-refractivity contribution in [3.05, 3.63) is 35.4 Å². The van der Waals surface area contributed by atoms with Gasteiger partial charge >= 0.3 is 0 Å². The van der Waals surface area contributed by atoms with E-state index in [9.17, 15) is 0 Å². The zero-order valence-electron chi connectivity index (χ0n) is 12.7. The van der Waals surface area contributed by atoms with Gasteiger partial charge in [0.1, 0.15) is 0 Å². The smallest absolute Gasteiger partial charge is 0.0254 e. The minimum absolute atomic E-state index is 0.695. The van der Waals surface area contributed by atoms with Gasteiger partial charge in [0.15, 0.2) is 0 Å². The quantitative estimate of drug-likeness (QED) is 0.872. The van der Waals surface area contributed by atoms with Crippen LogP contribution in [0.3, 0.4) is 0 Å². The van der Waals surface area contributed by atoms with Crippen molar-refractivity contribution in [1.82, 2.24) is 15.1 Å². The van der Waals surface area contributed by atoms with Crippen LogP contribution in [0, 0.1) is 5.92 Å². The average Bonchev–Trinajstić information content (AvgIpc) is 2.71. The van der Waals surface area contributed by atoms with Crippen LogP contribution < -0.4 is 5.32 Å². The van der Waals surface area contributed by atoms with Crippen LogP contribution >= 0.6 is 0 Å². The zero-order chi connectivity index (χ0) is 13.8. The Morgan fingerprint density at radius 2 is 2.00 bits per heavy atom. The van der Waals surface area contributed by atoms with Crippen molar-refractivity contribution in [2.24, 2.45) is 5.92 Å². The van der Waals surface area contributed by atoms with Gasteiger partial charge in [0.2, 0.25) is 0 Å². The molecule has 1 fully saturated rings. The molecule has 2 unspecified atom stereocenters. The van der Waals surface area contributed by atoms with Gasteiger partial charge in [-0.2, -0.15) is 0 Å². The van der Waals surface area contributed by atoms with Crippen molar-refractivity contribution in [3.8, 4) is 0 Å². The van der Waals surface area contributed by atoms with E-state index in [2.05, 4.69) is 60.4 Å². The van der Waals surface area contributed by atoms with E-state index in [1.54, 1.807) is 0 Å². The molecule has 0 radical (unpaired) electrons. The lowest BCUT2D eigenvalue weighted by Crippen LogP contribution is -2.34. The molecular weight excluding hydrogens is 234 g/mol. The summed E-state index contributed by atoms with van der Waals surface area (Å²) in [6, 6.07) is 9.62. The van der Waals surface area contributed by atoms with Crippen LogP contribution in [0.2, 0.25) is 0 Å². The van der Waals surface area contributed by atoms with Crippen LogP contribution in [0.4, 0.5) is 0 Å². The molecule has 1 aliphatic heterocycles. The van der Waals surface area contributed by atoms with Crippen LogP contribution in [-0.2, 0) is 13.1 Å². The predicted molar refractivity (Wildman–Crippen MR) is 81.1 cm³/mol. The van der Waals surface area contributed by atoms with Crippen LogP contribution in [0.25, 0.3) is 0 Å². The van der Waals surface area contributed by atoms with Gasteiger partial charge < -0.3 is 10.2 Å². The fourth-order valence-corrected chi connectivity index (χ4v) is 3.15. The lowest BCUT2D eigenvalue weighted by molar-refractivity contribution is 0.250. The molecule has 3 nitrogen and oxygen atoms in total. The number of nitrogens with one attached hydrogen (secondary N) is 1. The summed E-state index contributed by atoms with van der Waals surface area (Å²) >= 11 is 0. The molecule has 106 valence electrons. The highest BCUT2D eigenvalue weighted by atomic mass is 15.2. The molecule has 1 aromatic rings. The van der Waals surface area contributed by atoms with Crippen LogP contribution in [0.5, 0.6) is 0 Å². The van der Waals surface area contributed by atoms with Crippen molar-refractivity contribution in [3.63, 3.8) is 0 Å². The Labute approximate surface area is 117 Å². The van der Waals surface area contributed by atoms with Crippen LogP contribution in [0.1, 0.15) is 18.1 Å². The Morgan fingerprint density at radius 1 is 1.26 bits per heavy atom. The number of rotatable bonds is 5. The fourth-order valence-electron chi connectivity index (χ4n) is 3.15. The van der Waals surface area contributed by atoms with E-state index in [0.29, 0.717) is 6.04 Å². The first-order valence-electron chi connectivity index (χ1n) is 7.21. The summed E-state index contributed by atoms with van der Waals surface area (Å²) in [6.07, 6.45) is 0. The number of nitrogens with zero attached hydrogens (tertiary/aromatic N) is 2. The molecule has 2 atom stereocenters. The maximum Gasteiger partial charge on any atom is 0.0254 e. The van der Waals surface area contributed by atoms with Crippen LogP contribution in [0.15, 0.2) is 24.3 Å². The normalized spacial score (nSPS) is 24.3. The molecular formula is C16H27N3. The van der Waals surface area contributed by atoms with E-state index < -0.39 is 0 Å². The molecule has 0 bridgehead atoms. The molecule has 0 spiro atoms. The van der Waals surface area contributed by atoms with Gasteiger partial charge in [-0.1, -0.05) is 31.2 Å². The molecule has 1 aliphatic rings. The molecule has 1 aromatic carbocycles. The third-order valence-corrected chi connectivity index (χ3v) is 4.09. The maximum atomic E-state index is 3.21. The second-order valence-corrected chi connectivity index (χ2v) is 6.05. The van der Waals surface area contributed by atoms with Crippen molar-refractivity contribution < 1.29 is 0 Å². The molecule has 0 aromatic heterocycles. The molecule has 0 saturated carbocycles. The number of hydrogen-bond acceptors (Lipinski definition) is 3. The highest BCUT2D eigenvalue weighted by Gasteiger charge is 2.30. The molecule has 1 saturated heterocycles. The largest absolute Gasteiger partial charge is 0.316 e. The van der Waals surface area contributed by atoms with Gasteiger partial charge in [0, 0.05) is 32.2 Å². The topological polar surface area (TPSA) is 18.5 Å². The molecule has 1 N–H and O–H groups in total. The summed E-state index contributed by atoms with van der Waals surface area (Å²) in [5.74, 6) is 0.760. The van der Waals surface area contributed by atoms with Gasteiger partial charge in [0.05, 0.1) is 0 Å². The zero-order valence-corrected chi connectivity index (χ0v) is 12.7. The molecule has 1 heterocycles. The number of likely N-dealkylation sites (tertiary alicyclic amines) is 1. The first-order valence-corrected chi connectivity index (χ1v) is 7.21. The summed E-state index contributed by atoms with van der Waals surface area (Å²) in [5.41, 5.74) is 2.80. The number of benzene rings is 1. The van der Waals surface area contributed by atoms with E-state index >= 15 is 0 Å². The molecule has 3 heteroatoms. The van der Waals surface area contributed by atoms with Gasteiger partial charge in [-0.05, 0) is 38.2 Å². The SMILES string of the molecule is CNCc1cccc(CN2CC(C)C(N(C)C)C2)c1. The fraction of sp³-hybridized carbons (Fsp3) is 0.625. The Kier molecular flexibility index (Phi) is 4.97. The van der Waals surface area contributed by atoms with Gasteiger partial charge in [-0.15, -0.1) is 0 Å².